The van der Waals surface area contributed by atoms with Crippen molar-refractivity contribution in [2.45, 2.75) is 0 Å². The van der Waals surface area contributed by atoms with Gasteiger partial charge in [-0.05, 0) is 0 Å². The summed E-state index contributed by atoms with van der Waals surface area (Å²) >= 11 is 0. The third kappa shape index (κ3) is 7.49. The van der Waals surface area contributed by atoms with Gasteiger partial charge in [-0.25, -0.2) is 0 Å². The molecule has 13 heavy (non-hydrogen) atoms. The molecule has 2 aromatic rings. The van der Waals surface area contributed by atoms with Crippen molar-refractivity contribution in [2.24, 2.45) is 0 Å². The van der Waals surface area contributed by atoms with Crippen molar-refractivity contribution in [3.8, 4) is 0 Å². The van der Waals surface area contributed by atoms with Crippen LogP contribution in [0.4, 0.5) is 0 Å². The van der Waals surface area contributed by atoms with E-state index in [4.69, 9.17) is 0 Å². The van der Waals surface area contributed by atoms with E-state index in [0.717, 1.165) is 0 Å². The Bertz CT molecular complexity index is 181. The maximum absolute atomic E-state index is 2.00. The summed E-state index contributed by atoms with van der Waals surface area (Å²) in [6, 6.07) is 24.0. The normalized spacial score (nSPS) is 7.38. The molecule has 0 bridgehead atoms. The molecule has 0 amide bonds. The fourth-order valence-electron chi connectivity index (χ4n) is 0.770. The molecule has 0 aliphatic heterocycles. The summed E-state index contributed by atoms with van der Waals surface area (Å²) in [7, 11) is 0. The summed E-state index contributed by atoms with van der Waals surface area (Å²) in [5.41, 5.74) is 0. The fourth-order valence-corrected chi connectivity index (χ4v) is 0.770. The van der Waals surface area contributed by atoms with Crippen LogP contribution in [0.5, 0.6) is 0 Å². The number of rotatable bonds is 0. The van der Waals surface area contributed by atoms with Crippen LogP contribution in [0.3, 0.4) is 0 Å². The van der Waals surface area contributed by atoms with E-state index in [9.17, 15) is 0 Å². The standard InChI is InChI=1S/2C6H6.W/c2*1-2-4-6-5-3-1;/h2*1-6H;/q;;+2. The molecule has 0 saturated heterocycles. The van der Waals surface area contributed by atoms with Gasteiger partial charge in [0.15, 0.2) is 0 Å². The molecule has 2 rings (SSSR count). The van der Waals surface area contributed by atoms with Gasteiger partial charge in [-0.15, -0.1) is 0 Å². The molecule has 0 fully saturated rings. The van der Waals surface area contributed by atoms with Gasteiger partial charge in [0.05, 0.1) is 0 Å². The second kappa shape index (κ2) is 9.22. The second-order valence-corrected chi connectivity index (χ2v) is 2.31. The number of hydrogen-bond acceptors (Lipinski definition) is 0. The Hall–Kier alpha value is -0.872. The van der Waals surface area contributed by atoms with Crippen LogP contribution in [-0.2, 0) is 21.1 Å². The van der Waals surface area contributed by atoms with Gasteiger partial charge in [-0.2, -0.15) is 0 Å². The van der Waals surface area contributed by atoms with Crippen molar-refractivity contribution < 1.29 is 21.1 Å². The van der Waals surface area contributed by atoms with Gasteiger partial charge in [0, 0.05) is 0 Å². The molecule has 0 aromatic heterocycles. The maximum atomic E-state index is 2.00. The molecule has 0 N–H and O–H groups in total. The largest absolute Gasteiger partial charge is 2.00 e. The second-order valence-electron chi connectivity index (χ2n) is 2.31. The number of benzene rings is 2. The summed E-state index contributed by atoms with van der Waals surface area (Å²) in [6.45, 7) is 0. The van der Waals surface area contributed by atoms with Crippen molar-refractivity contribution in [3.05, 3.63) is 72.8 Å². The van der Waals surface area contributed by atoms with E-state index < -0.39 is 0 Å². The Morgan fingerprint density at radius 2 is 0.308 bits per heavy atom. The van der Waals surface area contributed by atoms with Crippen LogP contribution in [0.15, 0.2) is 72.8 Å². The third-order valence-corrected chi connectivity index (χ3v) is 1.33. The number of hydrogen-bond donors (Lipinski definition) is 0. The fraction of sp³-hybridized carbons (Fsp3) is 0. The average molecular weight is 340 g/mol. The Kier molecular flexibility index (Phi) is 8.60. The van der Waals surface area contributed by atoms with E-state index in [-0.39, 0.29) is 21.1 Å². The first-order chi connectivity index (χ1) is 6.00. The van der Waals surface area contributed by atoms with Crippen LogP contribution < -0.4 is 0 Å². The average Bonchev–Trinajstić information content (AvgIpc) is 2.24. The van der Waals surface area contributed by atoms with Crippen LogP contribution in [-0.4, -0.2) is 0 Å². The SMILES string of the molecule is [W+2].c1ccccc1.c1ccccc1. The summed E-state index contributed by atoms with van der Waals surface area (Å²) in [4.78, 5) is 0. The minimum absolute atomic E-state index is 0. The first-order valence-corrected chi connectivity index (χ1v) is 4.00. The molecule has 0 radical (unpaired) electrons. The van der Waals surface area contributed by atoms with E-state index in [1.54, 1.807) is 0 Å². The molecular weight excluding hydrogens is 328 g/mol. The van der Waals surface area contributed by atoms with E-state index in [0.29, 0.717) is 0 Å². The Labute approximate surface area is 93.9 Å². The molecule has 2 aromatic carbocycles. The predicted molar refractivity (Wildman–Crippen MR) is 52.9 cm³/mol. The van der Waals surface area contributed by atoms with Crippen LogP contribution in [0, 0.1) is 0 Å². The van der Waals surface area contributed by atoms with Crippen LogP contribution in [0.2, 0.25) is 0 Å². The predicted octanol–water partition coefficient (Wildman–Crippen LogP) is 3.37. The molecule has 0 aliphatic carbocycles. The van der Waals surface area contributed by atoms with Crippen molar-refractivity contribution in [2.75, 3.05) is 0 Å². The van der Waals surface area contributed by atoms with Crippen LogP contribution in [0.1, 0.15) is 0 Å². The third-order valence-electron chi connectivity index (χ3n) is 1.33. The molecule has 64 valence electrons. The molecule has 0 nitrogen and oxygen atoms in total. The van der Waals surface area contributed by atoms with Crippen LogP contribution >= 0.6 is 0 Å². The van der Waals surface area contributed by atoms with Gasteiger partial charge >= 0.3 is 21.1 Å². The van der Waals surface area contributed by atoms with Gasteiger partial charge in [0.25, 0.3) is 0 Å². The van der Waals surface area contributed by atoms with Crippen molar-refractivity contribution in [3.63, 3.8) is 0 Å². The van der Waals surface area contributed by atoms with Crippen LogP contribution in [0.25, 0.3) is 0 Å². The van der Waals surface area contributed by atoms with Crippen molar-refractivity contribution in [1.29, 1.82) is 0 Å². The molecule has 0 spiro atoms. The first-order valence-electron chi connectivity index (χ1n) is 4.00. The Morgan fingerprint density at radius 3 is 0.385 bits per heavy atom. The quantitative estimate of drug-likeness (QED) is 0.690. The molecule has 0 saturated carbocycles. The van der Waals surface area contributed by atoms with Gasteiger partial charge < -0.3 is 0 Å². The summed E-state index contributed by atoms with van der Waals surface area (Å²) < 4.78 is 0. The van der Waals surface area contributed by atoms with Gasteiger partial charge in [0.1, 0.15) is 0 Å². The maximum Gasteiger partial charge on any atom is 2.00 e. The smallest absolute Gasteiger partial charge is 0.0623 e. The zero-order valence-electron chi connectivity index (χ0n) is 7.34. The van der Waals surface area contributed by atoms with E-state index >= 15 is 0 Å². The molecule has 0 heterocycles. The summed E-state index contributed by atoms with van der Waals surface area (Å²) in [5.74, 6) is 0. The summed E-state index contributed by atoms with van der Waals surface area (Å²) in [5, 5.41) is 0. The molecule has 0 unspecified atom stereocenters. The zero-order chi connectivity index (χ0) is 8.49. The Morgan fingerprint density at radius 1 is 0.231 bits per heavy atom. The van der Waals surface area contributed by atoms with E-state index in [2.05, 4.69) is 0 Å². The van der Waals surface area contributed by atoms with Crippen molar-refractivity contribution in [1.82, 2.24) is 0 Å². The molecule has 0 atom stereocenters. The molecular formula is C12H12W+2. The van der Waals surface area contributed by atoms with E-state index in [1.165, 1.54) is 0 Å². The topological polar surface area (TPSA) is 0 Å². The summed E-state index contributed by atoms with van der Waals surface area (Å²) in [6.07, 6.45) is 0. The van der Waals surface area contributed by atoms with E-state index in [1.807, 2.05) is 72.8 Å². The van der Waals surface area contributed by atoms with Gasteiger partial charge in [-0.1, -0.05) is 72.8 Å². The minimum Gasteiger partial charge on any atom is -0.0623 e. The first kappa shape index (κ1) is 12.1. The monoisotopic (exact) mass is 340 g/mol. The van der Waals surface area contributed by atoms with Crippen molar-refractivity contribution >= 4 is 0 Å². The zero-order valence-corrected chi connectivity index (χ0v) is 10.3. The minimum atomic E-state index is 0. The molecule has 0 aliphatic rings. The van der Waals surface area contributed by atoms with Gasteiger partial charge in [-0.3, -0.25) is 0 Å². The van der Waals surface area contributed by atoms with Gasteiger partial charge in [0.2, 0.25) is 0 Å². The Balaban J connectivity index is 0.000000206. The molecule has 1 heteroatoms.